The van der Waals surface area contributed by atoms with Gasteiger partial charge in [-0.15, -0.1) is 0 Å². The van der Waals surface area contributed by atoms with E-state index in [0.717, 1.165) is 87.1 Å². The molecule has 0 saturated heterocycles. The van der Waals surface area contributed by atoms with E-state index in [0.29, 0.717) is 5.56 Å². The Kier molecular flexibility index (Phi) is 7.76. The summed E-state index contributed by atoms with van der Waals surface area (Å²) in [5, 5.41) is 12.4. The van der Waals surface area contributed by atoms with Crippen molar-refractivity contribution in [2.75, 3.05) is 36.4 Å². The summed E-state index contributed by atoms with van der Waals surface area (Å²) in [6.45, 7) is 12.3. The van der Waals surface area contributed by atoms with Crippen LogP contribution in [0.5, 0.6) is 0 Å². The maximum absolute atomic E-state index is 14.4. The molecule has 5 nitrogen and oxygen atoms in total. The standard InChI is InChI=1S/C44H39N3O2/c1-5-46(6-2)31-20-23-36-39(26-31)49-40-27-32(47(7-3)8-4)21-24-37(40)43(36)33-14-9-10-15-34(33)44(48)45-38-25-19-30-17-16-28-12-11-13-29-18-22-35(38)42(30)41(28)29/h9-27H,5-8H2,1-4H3/p+1. The van der Waals surface area contributed by atoms with Crippen molar-refractivity contribution in [2.45, 2.75) is 27.7 Å². The highest BCUT2D eigenvalue weighted by Gasteiger charge is 2.23. The number of benzene rings is 7. The molecule has 1 N–H and O–H groups in total. The van der Waals surface area contributed by atoms with Crippen molar-refractivity contribution in [3.05, 3.63) is 126 Å². The van der Waals surface area contributed by atoms with Gasteiger partial charge < -0.3 is 14.6 Å². The van der Waals surface area contributed by atoms with Gasteiger partial charge in [0.1, 0.15) is 24.4 Å². The van der Waals surface area contributed by atoms with Crippen molar-refractivity contribution in [1.82, 2.24) is 4.58 Å². The van der Waals surface area contributed by atoms with E-state index in [2.05, 4.69) is 133 Å². The Labute approximate surface area is 286 Å². The molecule has 242 valence electrons. The van der Waals surface area contributed by atoms with E-state index in [9.17, 15) is 4.79 Å². The lowest BCUT2D eigenvalue weighted by Gasteiger charge is -2.23. The van der Waals surface area contributed by atoms with Gasteiger partial charge in [-0.2, -0.15) is 0 Å². The molecule has 0 unspecified atom stereocenters. The molecule has 6 aromatic rings. The van der Waals surface area contributed by atoms with Crippen LogP contribution in [-0.4, -0.2) is 32.1 Å². The molecule has 0 bridgehead atoms. The lowest BCUT2D eigenvalue weighted by molar-refractivity contribution is 0.102. The van der Waals surface area contributed by atoms with E-state index in [-0.39, 0.29) is 5.91 Å². The quantitative estimate of drug-likeness (QED) is 0.102. The Morgan fingerprint density at radius 3 is 2.12 bits per heavy atom. The number of nitrogens with zero attached hydrogens (tertiary/aromatic N) is 2. The third-order valence-corrected chi connectivity index (χ3v) is 10.2. The van der Waals surface area contributed by atoms with Crippen LogP contribution in [0.2, 0.25) is 0 Å². The van der Waals surface area contributed by atoms with Crippen molar-refractivity contribution in [2.24, 2.45) is 0 Å². The van der Waals surface area contributed by atoms with Gasteiger partial charge in [0.05, 0.1) is 6.07 Å². The first kappa shape index (κ1) is 30.6. The summed E-state index contributed by atoms with van der Waals surface area (Å²) in [6, 6.07) is 40.0. The fraction of sp³-hybridized carbons (Fsp3) is 0.182. The van der Waals surface area contributed by atoms with Gasteiger partial charge in [0, 0.05) is 64.1 Å². The maximum atomic E-state index is 14.4. The van der Waals surface area contributed by atoms with Crippen LogP contribution >= 0.6 is 0 Å². The van der Waals surface area contributed by atoms with Crippen LogP contribution in [-0.2, 0) is 0 Å². The second-order valence-corrected chi connectivity index (χ2v) is 12.7. The van der Waals surface area contributed by atoms with Gasteiger partial charge in [0.25, 0.3) is 5.91 Å². The topological polar surface area (TPSA) is 48.5 Å². The summed E-state index contributed by atoms with van der Waals surface area (Å²) in [7, 11) is 0. The molecule has 0 radical (unpaired) electrons. The summed E-state index contributed by atoms with van der Waals surface area (Å²) >= 11 is 0. The predicted molar refractivity (Wildman–Crippen MR) is 206 cm³/mol. The third-order valence-electron chi connectivity index (χ3n) is 10.2. The highest BCUT2D eigenvalue weighted by atomic mass is 16.3. The second kappa shape index (κ2) is 12.4. The Balaban J connectivity index is 1.31. The predicted octanol–water partition coefficient (Wildman–Crippen LogP) is 10.0. The van der Waals surface area contributed by atoms with Crippen molar-refractivity contribution in [3.63, 3.8) is 0 Å². The Hall–Kier alpha value is -5.68. The molecule has 0 atom stereocenters. The maximum Gasteiger partial charge on any atom is 0.256 e. The summed E-state index contributed by atoms with van der Waals surface area (Å²) in [5.74, 6) is 0.651. The minimum Gasteiger partial charge on any atom is -0.456 e. The molecular formula is C44H40N3O2+. The Bertz CT molecular complexity index is 2540. The van der Waals surface area contributed by atoms with Crippen LogP contribution in [0, 0.1) is 0 Å². The zero-order chi connectivity index (χ0) is 33.6. The van der Waals surface area contributed by atoms with Crippen LogP contribution < -0.4 is 20.1 Å². The number of amides is 1. The van der Waals surface area contributed by atoms with Crippen molar-refractivity contribution in [3.8, 4) is 22.5 Å². The average Bonchev–Trinajstić information content (AvgIpc) is 3.14. The first-order chi connectivity index (χ1) is 24.0. The van der Waals surface area contributed by atoms with Crippen molar-refractivity contribution in [1.29, 1.82) is 0 Å². The first-order valence-corrected chi connectivity index (χ1v) is 17.4. The molecule has 1 aliphatic heterocycles. The van der Waals surface area contributed by atoms with E-state index < -0.39 is 0 Å². The van der Waals surface area contributed by atoms with Crippen LogP contribution in [0.25, 0.3) is 65.7 Å². The van der Waals surface area contributed by atoms with Gasteiger partial charge in [-0.1, -0.05) is 66.7 Å². The Morgan fingerprint density at radius 2 is 1.37 bits per heavy atom. The minimum absolute atomic E-state index is 0.146. The molecule has 5 heteroatoms. The lowest BCUT2D eigenvalue weighted by atomic mass is 9.90. The number of carbonyl (C=O) groups excluding carboxylic acids is 1. The molecule has 1 heterocycles. The molecule has 0 aromatic heterocycles. The zero-order valence-corrected chi connectivity index (χ0v) is 28.5. The van der Waals surface area contributed by atoms with Gasteiger partial charge in [0.15, 0.2) is 0 Å². The molecule has 1 aliphatic carbocycles. The van der Waals surface area contributed by atoms with Gasteiger partial charge in [-0.3, -0.25) is 4.79 Å². The van der Waals surface area contributed by atoms with Crippen LogP contribution in [0.1, 0.15) is 38.1 Å². The number of nitrogens with one attached hydrogen (secondary N) is 1. The smallest absolute Gasteiger partial charge is 0.256 e. The average molecular weight is 643 g/mol. The number of anilines is 2. The molecule has 1 amide bonds. The van der Waals surface area contributed by atoms with Crippen LogP contribution in [0.3, 0.4) is 0 Å². The fourth-order valence-electron chi connectivity index (χ4n) is 7.66. The molecule has 8 rings (SSSR count). The highest BCUT2D eigenvalue weighted by molar-refractivity contribution is 6.26. The van der Waals surface area contributed by atoms with Gasteiger partial charge in [0.2, 0.25) is 5.36 Å². The minimum atomic E-state index is -0.146. The Morgan fingerprint density at radius 1 is 0.673 bits per heavy atom. The van der Waals surface area contributed by atoms with E-state index in [1.54, 1.807) is 0 Å². The summed E-state index contributed by atoms with van der Waals surface area (Å²) < 4.78 is 9.04. The third kappa shape index (κ3) is 5.08. The van der Waals surface area contributed by atoms with Gasteiger partial charge in [-0.25, -0.2) is 4.58 Å². The fourth-order valence-corrected chi connectivity index (χ4v) is 7.66. The summed E-state index contributed by atoms with van der Waals surface area (Å²) in [4.78, 5) is 16.8. The number of rotatable bonds is 8. The monoisotopic (exact) mass is 642 g/mol. The molecule has 0 fully saturated rings. The zero-order valence-electron chi connectivity index (χ0n) is 28.5. The summed E-state index contributed by atoms with van der Waals surface area (Å²) in [5.41, 5.74) is 6.17. The van der Waals surface area contributed by atoms with Crippen LogP contribution in [0.15, 0.2) is 120 Å². The molecule has 0 spiro atoms. The van der Waals surface area contributed by atoms with E-state index in [1.165, 1.54) is 21.5 Å². The molecular weight excluding hydrogens is 603 g/mol. The van der Waals surface area contributed by atoms with Crippen molar-refractivity contribution >= 4 is 60.6 Å². The first-order valence-electron chi connectivity index (χ1n) is 17.4. The van der Waals surface area contributed by atoms with E-state index in [1.807, 2.05) is 24.3 Å². The molecule has 49 heavy (non-hydrogen) atoms. The highest BCUT2D eigenvalue weighted by Crippen LogP contribution is 2.43. The number of hydrogen-bond donors (Lipinski definition) is 1. The second-order valence-electron chi connectivity index (χ2n) is 12.7. The summed E-state index contributed by atoms with van der Waals surface area (Å²) in [6.07, 6.45) is 0. The molecule has 0 saturated carbocycles. The molecule has 6 aromatic carbocycles. The van der Waals surface area contributed by atoms with Crippen molar-refractivity contribution < 1.29 is 9.21 Å². The lowest BCUT2D eigenvalue weighted by Crippen LogP contribution is -2.29. The van der Waals surface area contributed by atoms with E-state index in [4.69, 9.17) is 4.42 Å². The largest absolute Gasteiger partial charge is 0.456 e. The number of hydrogen-bond acceptors (Lipinski definition) is 3. The van der Waals surface area contributed by atoms with E-state index >= 15 is 0 Å². The molecule has 2 aliphatic rings. The van der Waals surface area contributed by atoms with Gasteiger partial charge in [-0.05, 0) is 90.5 Å². The van der Waals surface area contributed by atoms with Crippen LogP contribution in [0.4, 0.5) is 11.4 Å². The normalized spacial score (nSPS) is 11.7. The SMILES string of the molecule is CCN(CC)c1ccc2c(-c3ccccc3C(=O)Nc3ccc4ccc5cccc6ccc3c4c56)c3ccc(=[N+](CC)CC)cc-3oc2c1. The number of fused-ring (bicyclic) bond motifs is 2. The van der Waals surface area contributed by atoms with Gasteiger partial charge >= 0.3 is 0 Å². The number of carbonyl (C=O) groups is 1.